The quantitative estimate of drug-likeness (QED) is 0.803. The molecule has 0 aliphatic heterocycles. The number of benzene rings is 1. The zero-order valence-corrected chi connectivity index (χ0v) is 9.96. The molecule has 2 N–H and O–H groups in total. The van der Waals surface area contributed by atoms with Gasteiger partial charge < -0.3 is 10.6 Å². The first-order valence-corrected chi connectivity index (χ1v) is 6.00. The van der Waals surface area contributed by atoms with E-state index in [9.17, 15) is 9.59 Å². The van der Waals surface area contributed by atoms with Crippen LogP contribution < -0.4 is 10.6 Å². The van der Waals surface area contributed by atoms with Gasteiger partial charge in [-0.05, 0) is 25.0 Å². The molecule has 1 saturated carbocycles. The molecule has 0 unspecified atom stereocenters. The van der Waals surface area contributed by atoms with Crippen LogP contribution in [0.1, 0.15) is 23.2 Å². The van der Waals surface area contributed by atoms with Gasteiger partial charge in [-0.3, -0.25) is 9.59 Å². The van der Waals surface area contributed by atoms with Gasteiger partial charge in [-0.1, -0.05) is 12.1 Å². The highest BCUT2D eigenvalue weighted by Crippen LogP contribution is 2.21. The fraction of sp³-hybridized carbons (Fsp3) is 0.333. The SMILES string of the molecule is O=C(CCl)Nc1ccccc1C(=O)NC1CC1. The first kappa shape index (κ1) is 11.9. The van der Waals surface area contributed by atoms with Crippen LogP contribution in [0.25, 0.3) is 0 Å². The fourth-order valence-electron chi connectivity index (χ4n) is 1.46. The van der Waals surface area contributed by atoms with Gasteiger partial charge in [-0.25, -0.2) is 0 Å². The van der Waals surface area contributed by atoms with E-state index in [4.69, 9.17) is 11.6 Å². The standard InChI is InChI=1S/C12H13ClN2O2/c13-7-11(16)15-10-4-2-1-3-9(10)12(17)14-8-5-6-8/h1-4,8H,5-7H2,(H,14,17)(H,15,16). The number of para-hydroxylation sites is 1. The molecular formula is C12H13ClN2O2. The first-order valence-electron chi connectivity index (χ1n) is 5.46. The van der Waals surface area contributed by atoms with E-state index >= 15 is 0 Å². The highest BCUT2D eigenvalue weighted by atomic mass is 35.5. The summed E-state index contributed by atoms with van der Waals surface area (Å²) in [6.45, 7) is 0. The highest BCUT2D eigenvalue weighted by molar-refractivity contribution is 6.29. The summed E-state index contributed by atoms with van der Waals surface area (Å²) in [7, 11) is 0. The molecule has 17 heavy (non-hydrogen) atoms. The van der Waals surface area contributed by atoms with Crippen molar-refractivity contribution in [2.45, 2.75) is 18.9 Å². The molecule has 5 heteroatoms. The number of hydrogen-bond donors (Lipinski definition) is 2. The molecule has 0 spiro atoms. The summed E-state index contributed by atoms with van der Waals surface area (Å²) in [6, 6.07) is 7.18. The van der Waals surface area contributed by atoms with Gasteiger partial charge in [-0.2, -0.15) is 0 Å². The number of halogens is 1. The van der Waals surface area contributed by atoms with E-state index in [2.05, 4.69) is 10.6 Å². The van der Waals surface area contributed by atoms with E-state index in [1.807, 2.05) is 0 Å². The van der Waals surface area contributed by atoms with Crippen LogP contribution in [0.2, 0.25) is 0 Å². The third-order valence-corrected chi connectivity index (χ3v) is 2.72. The second kappa shape index (κ2) is 5.19. The summed E-state index contributed by atoms with van der Waals surface area (Å²) >= 11 is 5.42. The minimum atomic E-state index is -0.321. The maximum Gasteiger partial charge on any atom is 0.253 e. The molecule has 1 aromatic rings. The number of amides is 2. The lowest BCUT2D eigenvalue weighted by atomic mass is 10.1. The number of carbonyl (C=O) groups is 2. The fourth-order valence-corrected chi connectivity index (χ4v) is 1.53. The molecule has 2 rings (SSSR count). The van der Waals surface area contributed by atoms with Crippen LogP contribution in [-0.4, -0.2) is 23.7 Å². The molecule has 0 bridgehead atoms. The lowest BCUT2D eigenvalue weighted by molar-refractivity contribution is -0.113. The Labute approximate surface area is 104 Å². The molecule has 1 aliphatic rings. The average molecular weight is 253 g/mol. The van der Waals surface area contributed by atoms with E-state index in [1.165, 1.54) is 0 Å². The number of carbonyl (C=O) groups excluding carboxylic acids is 2. The van der Waals surface area contributed by atoms with Crippen molar-refractivity contribution in [2.24, 2.45) is 0 Å². The number of rotatable bonds is 4. The van der Waals surface area contributed by atoms with E-state index in [0.29, 0.717) is 17.3 Å². The van der Waals surface area contributed by atoms with E-state index < -0.39 is 0 Å². The highest BCUT2D eigenvalue weighted by Gasteiger charge is 2.24. The third-order valence-electron chi connectivity index (χ3n) is 2.48. The van der Waals surface area contributed by atoms with Crippen molar-refractivity contribution in [1.82, 2.24) is 5.32 Å². The topological polar surface area (TPSA) is 58.2 Å². The number of alkyl halides is 1. The zero-order chi connectivity index (χ0) is 12.3. The van der Waals surface area contributed by atoms with Crippen molar-refractivity contribution in [3.63, 3.8) is 0 Å². The molecule has 4 nitrogen and oxygen atoms in total. The van der Waals surface area contributed by atoms with E-state index in [0.717, 1.165) is 12.8 Å². The molecule has 1 aromatic carbocycles. The van der Waals surface area contributed by atoms with Crippen molar-refractivity contribution in [3.8, 4) is 0 Å². The van der Waals surface area contributed by atoms with Crippen LogP contribution in [0.5, 0.6) is 0 Å². The van der Waals surface area contributed by atoms with Crippen LogP contribution in [0.4, 0.5) is 5.69 Å². The lowest BCUT2D eigenvalue weighted by Gasteiger charge is -2.10. The Kier molecular flexibility index (Phi) is 3.64. The van der Waals surface area contributed by atoms with Gasteiger partial charge in [0.1, 0.15) is 5.88 Å². The normalized spacial score (nSPS) is 14.2. The minimum absolute atomic E-state index is 0.126. The maximum absolute atomic E-state index is 11.9. The summed E-state index contributed by atoms with van der Waals surface area (Å²) in [5, 5.41) is 5.48. The monoisotopic (exact) mass is 252 g/mol. The van der Waals surface area contributed by atoms with Gasteiger partial charge in [0.25, 0.3) is 5.91 Å². The van der Waals surface area contributed by atoms with Crippen molar-refractivity contribution < 1.29 is 9.59 Å². The van der Waals surface area contributed by atoms with Crippen LogP contribution >= 0.6 is 11.6 Å². The van der Waals surface area contributed by atoms with E-state index in [1.54, 1.807) is 24.3 Å². The molecule has 1 aliphatic carbocycles. The Morgan fingerprint density at radius 1 is 1.29 bits per heavy atom. The van der Waals surface area contributed by atoms with Gasteiger partial charge in [0, 0.05) is 6.04 Å². The van der Waals surface area contributed by atoms with Crippen molar-refractivity contribution in [2.75, 3.05) is 11.2 Å². The second-order valence-corrected chi connectivity index (χ2v) is 4.24. The van der Waals surface area contributed by atoms with Crippen LogP contribution in [0.15, 0.2) is 24.3 Å². The molecule has 0 saturated heterocycles. The molecule has 0 radical (unpaired) electrons. The Bertz CT molecular complexity index is 444. The number of nitrogens with one attached hydrogen (secondary N) is 2. The molecule has 1 fully saturated rings. The van der Waals surface area contributed by atoms with Gasteiger partial charge in [0.2, 0.25) is 5.91 Å². The summed E-state index contributed by atoms with van der Waals surface area (Å²) in [6.07, 6.45) is 2.06. The molecule has 2 amide bonds. The Morgan fingerprint density at radius 2 is 2.00 bits per heavy atom. The molecule has 90 valence electrons. The molecule has 0 aromatic heterocycles. The van der Waals surface area contributed by atoms with Gasteiger partial charge >= 0.3 is 0 Å². The summed E-state index contributed by atoms with van der Waals surface area (Å²) < 4.78 is 0. The molecule has 0 heterocycles. The Hall–Kier alpha value is -1.55. The average Bonchev–Trinajstić information content (AvgIpc) is 3.13. The van der Waals surface area contributed by atoms with Crippen LogP contribution in [-0.2, 0) is 4.79 Å². The van der Waals surface area contributed by atoms with E-state index in [-0.39, 0.29) is 17.7 Å². The predicted octanol–water partition coefficient (Wildman–Crippen LogP) is 1.76. The first-order chi connectivity index (χ1) is 8.20. The second-order valence-electron chi connectivity index (χ2n) is 3.98. The Morgan fingerprint density at radius 3 is 2.65 bits per heavy atom. The van der Waals surface area contributed by atoms with Gasteiger partial charge in [0.15, 0.2) is 0 Å². The summed E-state index contributed by atoms with van der Waals surface area (Å²) in [4.78, 5) is 23.1. The largest absolute Gasteiger partial charge is 0.349 e. The van der Waals surface area contributed by atoms with Crippen molar-refractivity contribution in [1.29, 1.82) is 0 Å². The predicted molar refractivity (Wildman–Crippen MR) is 66.3 cm³/mol. The summed E-state index contributed by atoms with van der Waals surface area (Å²) in [5.74, 6) is -0.602. The van der Waals surface area contributed by atoms with Crippen molar-refractivity contribution in [3.05, 3.63) is 29.8 Å². The number of hydrogen-bond acceptors (Lipinski definition) is 2. The van der Waals surface area contributed by atoms with Gasteiger partial charge in [-0.15, -0.1) is 11.6 Å². The zero-order valence-electron chi connectivity index (χ0n) is 9.20. The van der Waals surface area contributed by atoms with Crippen LogP contribution in [0, 0.1) is 0 Å². The van der Waals surface area contributed by atoms with Crippen LogP contribution in [0.3, 0.4) is 0 Å². The third kappa shape index (κ3) is 3.20. The minimum Gasteiger partial charge on any atom is -0.349 e. The number of anilines is 1. The smallest absolute Gasteiger partial charge is 0.253 e. The Balaban J connectivity index is 2.13. The maximum atomic E-state index is 11.9. The van der Waals surface area contributed by atoms with Gasteiger partial charge in [0.05, 0.1) is 11.3 Å². The summed E-state index contributed by atoms with van der Waals surface area (Å²) in [5.41, 5.74) is 0.967. The van der Waals surface area contributed by atoms with Crippen molar-refractivity contribution >= 4 is 29.1 Å². The molecule has 0 atom stereocenters. The lowest BCUT2D eigenvalue weighted by Crippen LogP contribution is -2.27. The molecular weight excluding hydrogens is 240 g/mol.